The minimum absolute atomic E-state index is 0.305. The molecular weight excluding hydrogens is 358 g/mol. The zero-order valence-electron chi connectivity index (χ0n) is 18.3. The predicted molar refractivity (Wildman–Crippen MR) is 124 cm³/mol. The molecule has 0 fully saturated rings. The van der Waals surface area contributed by atoms with Crippen molar-refractivity contribution >= 4 is 5.57 Å². The van der Waals surface area contributed by atoms with Crippen LogP contribution in [0.5, 0.6) is 11.5 Å². The molecule has 0 heterocycles. The number of aromatic hydroxyl groups is 1. The molecule has 0 aromatic heterocycles. The van der Waals surface area contributed by atoms with Crippen LogP contribution in [-0.2, 0) is 0 Å². The molecule has 0 spiro atoms. The topological polar surface area (TPSA) is 41.5 Å². The molecular formula is C26H37NO2. The first kappa shape index (κ1) is 23.0. The van der Waals surface area contributed by atoms with Gasteiger partial charge in [-0.25, -0.2) is 0 Å². The predicted octanol–water partition coefficient (Wildman–Crippen LogP) is 6.56. The second-order valence-corrected chi connectivity index (χ2v) is 7.52. The molecule has 0 aliphatic heterocycles. The molecule has 29 heavy (non-hydrogen) atoms. The van der Waals surface area contributed by atoms with Crippen molar-refractivity contribution in [2.45, 2.75) is 58.8 Å². The molecule has 3 heteroatoms. The van der Waals surface area contributed by atoms with E-state index >= 15 is 0 Å². The molecule has 3 nitrogen and oxygen atoms in total. The summed E-state index contributed by atoms with van der Waals surface area (Å²) in [4.78, 5) is 0. The van der Waals surface area contributed by atoms with Crippen molar-refractivity contribution in [2.75, 3.05) is 20.2 Å². The Balaban J connectivity index is 2.27. The van der Waals surface area contributed by atoms with Gasteiger partial charge >= 0.3 is 0 Å². The van der Waals surface area contributed by atoms with E-state index < -0.39 is 0 Å². The van der Waals surface area contributed by atoms with Gasteiger partial charge in [0.1, 0.15) is 18.1 Å². The summed E-state index contributed by atoms with van der Waals surface area (Å²) in [5.41, 5.74) is 5.15. The number of ether oxygens (including phenoxy) is 1. The minimum atomic E-state index is 0.305. The third-order valence-corrected chi connectivity index (χ3v) is 5.28. The van der Waals surface area contributed by atoms with E-state index in [1.165, 1.54) is 48.8 Å². The van der Waals surface area contributed by atoms with Gasteiger partial charge in [0.15, 0.2) is 0 Å². The van der Waals surface area contributed by atoms with Crippen molar-refractivity contribution in [1.82, 2.24) is 5.32 Å². The van der Waals surface area contributed by atoms with Crippen LogP contribution in [0.1, 0.15) is 69.9 Å². The first-order valence-corrected chi connectivity index (χ1v) is 11.1. The summed E-state index contributed by atoms with van der Waals surface area (Å²) in [6, 6.07) is 16.0. The lowest BCUT2D eigenvalue weighted by molar-refractivity contribution is 0.318. The van der Waals surface area contributed by atoms with Gasteiger partial charge in [0.05, 0.1) is 0 Å². The lowest BCUT2D eigenvalue weighted by atomic mass is 9.89. The lowest BCUT2D eigenvalue weighted by Crippen LogP contribution is -2.15. The molecule has 2 aromatic carbocycles. The molecule has 2 N–H and O–H groups in total. The van der Waals surface area contributed by atoms with E-state index in [1.807, 2.05) is 19.2 Å². The number of phenols is 1. The number of likely N-dealkylation sites (N-methyl/N-ethyl adjacent to an activating group) is 1. The van der Waals surface area contributed by atoms with Crippen molar-refractivity contribution in [3.05, 3.63) is 65.2 Å². The molecule has 0 radical (unpaired) electrons. The Labute approximate surface area is 176 Å². The van der Waals surface area contributed by atoms with Crippen LogP contribution in [0.25, 0.3) is 5.57 Å². The maximum Gasteiger partial charge on any atom is 0.119 e. The van der Waals surface area contributed by atoms with Crippen LogP contribution in [0.2, 0.25) is 0 Å². The van der Waals surface area contributed by atoms with Gasteiger partial charge in [0.2, 0.25) is 0 Å². The molecule has 0 amide bonds. The fourth-order valence-electron chi connectivity index (χ4n) is 3.61. The number of benzene rings is 2. The van der Waals surface area contributed by atoms with Crippen molar-refractivity contribution in [3.63, 3.8) is 0 Å². The average Bonchev–Trinajstić information content (AvgIpc) is 2.75. The number of allylic oxidation sites excluding steroid dienone is 1. The number of nitrogens with one attached hydrogen (secondary N) is 1. The fourth-order valence-corrected chi connectivity index (χ4v) is 3.61. The minimum Gasteiger partial charge on any atom is -0.508 e. The summed E-state index contributed by atoms with van der Waals surface area (Å²) in [7, 11) is 1.93. The number of hydrogen-bond donors (Lipinski definition) is 2. The highest BCUT2D eigenvalue weighted by Crippen LogP contribution is 2.33. The van der Waals surface area contributed by atoms with Crippen molar-refractivity contribution in [2.24, 2.45) is 0 Å². The zero-order chi connectivity index (χ0) is 20.9. The molecule has 0 aliphatic carbocycles. The maximum atomic E-state index is 9.73. The van der Waals surface area contributed by atoms with E-state index in [0.29, 0.717) is 12.4 Å². The average molecular weight is 396 g/mol. The van der Waals surface area contributed by atoms with Crippen LogP contribution < -0.4 is 10.1 Å². The highest BCUT2D eigenvalue weighted by molar-refractivity contribution is 5.82. The molecule has 0 saturated heterocycles. The SMILES string of the molecule is CCCCCCC/C(CC)=C(/c1ccc(O)cc1)c1ccc(OCCNC)cc1. The Morgan fingerprint density at radius 3 is 2.07 bits per heavy atom. The Morgan fingerprint density at radius 1 is 0.862 bits per heavy atom. The van der Waals surface area contributed by atoms with Crippen LogP contribution >= 0.6 is 0 Å². The van der Waals surface area contributed by atoms with Crippen molar-refractivity contribution in [3.8, 4) is 11.5 Å². The maximum absolute atomic E-state index is 9.73. The van der Waals surface area contributed by atoms with Crippen molar-refractivity contribution < 1.29 is 9.84 Å². The quantitative estimate of drug-likeness (QED) is 0.377. The molecule has 0 bridgehead atoms. The Hall–Kier alpha value is -2.26. The van der Waals surface area contributed by atoms with Crippen LogP contribution in [0.3, 0.4) is 0 Å². The third kappa shape index (κ3) is 7.58. The molecule has 158 valence electrons. The van der Waals surface area contributed by atoms with Gasteiger partial charge in [-0.2, -0.15) is 0 Å². The molecule has 2 rings (SSSR count). The number of phenolic OH excluding ortho intramolecular Hbond substituents is 1. The number of rotatable bonds is 13. The third-order valence-electron chi connectivity index (χ3n) is 5.28. The molecule has 0 saturated carbocycles. The monoisotopic (exact) mass is 395 g/mol. The van der Waals surface area contributed by atoms with E-state index in [2.05, 4.69) is 43.4 Å². The second kappa shape index (κ2) is 13.1. The van der Waals surface area contributed by atoms with Gasteiger partial charge in [0, 0.05) is 6.54 Å². The standard InChI is InChI=1S/C26H37NO2/c1-4-6-7-8-9-10-21(5-2)26(22-11-15-24(28)16-12-22)23-13-17-25(18-14-23)29-20-19-27-3/h11-18,27-28H,4-10,19-20H2,1-3H3/b26-21-. The van der Waals surface area contributed by atoms with E-state index in [9.17, 15) is 5.11 Å². The van der Waals surface area contributed by atoms with E-state index in [4.69, 9.17) is 4.74 Å². The van der Waals surface area contributed by atoms with Crippen LogP contribution in [0.15, 0.2) is 54.1 Å². The van der Waals surface area contributed by atoms with Crippen LogP contribution in [0.4, 0.5) is 0 Å². The second-order valence-electron chi connectivity index (χ2n) is 7.52. The summed E-state index contributed by atoms with van der Waals surface area (Å²) in [6.07, 6.45) is 8.60. The van der Waals surface area contributed by atoms with Gasteiger partial charge in [-0.1, -0.05) is 69.4 Å². The smallest absolute Gasteiger partial charge is 0.119 e. The van der Waals surface area contributed by atoms with Crippen LogP contribution in [-0.4, -0.2) is 25.3 Å². The van der Waals surface area contributed by atoms with Gasteiger partial charge in [0.25, 0.3) is 0 Å². The van der Waals surface area contributed by atoms with E-state index in [1.54, 1.807) is 12.1 Å². The van der Waals surface area contributed by atoms with Gasteiger partial charge in [-0.3, -0.25) is 0 Å². The molecule has 0 atom stereocenters. The van der Waals surface area contributed by atoms with E-state index in [0.717, 1.165) is 30.7 Å². The number of unbranched alkanes of at least 4 members (excludes halogenated alkanes) is 4. The highest BCUT2D eigenvalue weighted by Gasteiger charge is 2.12. The summed E-state index contributed by atoms with van der Waals surface area (Å²) in [5, 5.41) is 12.8. The summed E-state index contributed by atoms with van der Waals surface area (Å²) < 4.78 is 5.78. The van der Waals surface area contributed by atoms with E-state index in [-0.39, 0.29) is 0 Å². The fraction of sp³-hybridized carbons (Fsp3) is 0.462. The normalized spacial score (nSPS) is 12.0. The van der Waals surface area contributed by atoms with Crippen molar-refractivity contribution in [1.29, 1.82) is 0 Å². The Morgan fingerprint density at radius 2 is 1.48 bits per heavy atom. The molecule has 2 aromatic rings. The zero-order valence-corrected chi connectivity index (χ0v) is 18.3. The van der Waals surface area contributed by atoms with Gasteiger partial charge in [-0.15, -0.1) is 0 Å². The molecule has 0 unspecified atom stereocenters. The van der Waals surface area contributed by atoms with Crippen LogP contribution in [0, 0.1) is 0 Å². The first-order chi connectivity index (χ1) is 14.2. The Kier molecular flexibility index (Phi) is 10.4. The summed E-state index contributed by atoms with van der Waals surface area (Å²) in [5.74, 6) is 1.20. The lowest BCUT2D eigenvalue weighted by Gasteiger charge is -2.17. The molecule has 0 aliphatic rings. The largest absolute Gasteiger partial charge is 0.508 e. The highest BCUT2D eigenvalue weighted by atomic mass is 16.5. The van der Waals surface area contributed by atoms with Gasteiger partial charge < -0.3 is 15.2 Å². The Bertz CT molecular complexity index is 732. The first-order valence-electron chi connectivity index (χ1n) is 11.1. The number of hydrogen-bond acceptors (Lipinski definition) is 3. The summed E-state index contributed by atoms with van der Waals surface area (Å²) >= 11 is 0. The summed E-state index contributed by atoms with van der Waals surface area (Å²) in [6.45, 7) is 6.00. The van der Waals surface area contributed by atoms with Gasteiger partial charge in [-0.05, 0) is 67.3 Å².